The van der Waals surface area contributed by atoms with Crippen molar-refractivity contribution in [2.24, 2.45) is 0 Å². The van der Waals surface area contributed by atoms with Crippen molar-refractivity contribution in [1.82, 2.24) is 9.97 Å². The van der Waals surface area contributed by atoms with Crippen molar-refractivity contribution in [3.63, 3.8) is 0 Å². The van der Waals surface area contributed by atoms with E-state index < -0.39 is 17.8 Å². The zero-order chi connectivity index (χ0) is 20.4. The lowest BCUT2D eigenvalue weighted by molar-refractivity contribution is -0.136. The number of rotatable bonds is 3. The summed E-state index contributed by atoms with van der Waals surface area (Å²) < 4.78 is 39.1. The third kappa shape index (κ3) is 3.91. The van der Waals surface area contributed by atoms with Gasteiger partial charge in [-0.15, -0.1) is 0 Å². The fraction of sp³-hybridized carbons (Fsp3) is 0.0476. The quantitative estimate of drug-likeness (QED) is 0.404. The zero-order valence-corrected chi connectivity index (χ0v) is 14.9. The molecule has 4 rings (SSSR count). The molecule has 2 aromatic heterocycles. The van der Waals surface area contributed by atoms with Crippen LogP contribution in [0.4, 0.5) is 29.3 Å². The van der Waals surface area contributed by atoms with E-state index in [1.807, 2.05) is 24.4 Å². The van der Waals surface area contributed by atoms with Gasteiger partial charge in [-0.1, -0.05) is 24.3 Å². The third-order valence-corrected chi connectivity index (χ3v) is 4.42. The molecule has 0 radical (unpaired) electrons. The lowest BCUT2D eigenvalue weighted by Crippen LogP contribution is -2.21. The molecule has 0 spiro atoms. The van der Waals surface area contributed by atoms with Crippen LogP contribution in [0.25, 0.3) is 22.0 Å². The van der Waals surface area contributed by atoms with E-state index in [0.29, 0.717) is 5.69 Å². The van der Waals surface area contributed by atoms with Gasteiger partial charge in [-0.05, 0) is 35.9 Å². The van der Waals surface area contributed by atoms with Gasteiger partial charge in [0.1, 0.15) is 0 Å². The lowest BCUT2D eigenvalue weighted by atomic mass is 10.1. The molecule has 29 heavy (non-hydrogen) atoms. The Kier molecular flexibility index (Phi) is 4.67. The minimum atomic E-state index is -4.56. The summed E-state index contributed by atoms with van der Waals surface area (Å²) in [5.41, 5.74) is 2.07. The van der Waals surface area contributed by atoms with Crippen molar-refractivity contribution in [3.8, 4) is 11.1 Å². The fourth-order valence-electron chi connectivity index (χ4n) is 3.07. The van der Waals surface area contributed by atoms with Crippen LogP contribution in [0.3, 0.4) is 0 Å². The summed E-state index contributed by atoms with van der Waals surface area (Å²) in [7, 11) is 0. The first kappa shape index (κ1) is 18.5. The number of halogens is 3. The minimum Gasteiger partial charge on any atom is -0.359 e. The average Bonchev–Trinajstić information content (AvgIpc) is 3.12. The summed E-state index contributed by atoms with van der Waals surface area (Å²) in [6.45, 7) is 0. The van der Waals surface area contributed by atoms with Crippen LogP contribution < -0.4 is 10.6 Å². The van der Waals surface area contributed by atoms with E-state index in [-0.39, 0.29) is 5.69 Å². The largest absolute Gasteiger partial charge is 0.418 e. The maximum Gasteiger partial charge on any atom is 0.418 e. The van der Waals surface area contributed by atoms with E-state index in [0.717, 1.165) is 28.1 Å². The summed E-state index contributed by atoms with van der Waals surface area (Å²) in [6, 6.07) is 13.0. The van der Waals surface area contributed by atoms with Crippen LogP contribution in [-0.2, 0) is 6.18 Å². The molecule has 8 heteroatoms. The van der Waals surface area contributed by atoms with E-state index in [1.54, 1.807) is 24.5 Å². The van der Waals surface area contributed by atoms with Crippen LogP contribution in [-0.4, -0.2) is 16.0 Å². The Balaban J connectivity index is 1.49. The Morgan fingerprint density at radius 3 is 2.48 bits per heavy atom. The second-order valence-corrected chi connectivity index (χ2v) is 6.32. The summed E-state index contributed by atoms with van der Waals surface area (Å²) >= 11 is 0. The molecule has 2 aromatic carbocycles. The number of alkyl halides is 3. The van der Waals surface area contributed by atoms with Crippen molar-refractivity contribution in [3.05, 3.63) is 78.8 Å². The van der Waals surface area contributed by atoms with Crippen molar-refractivity contribution >= 4 is 28.3 Å². The maximum atomic E-state index is 13.0. The summed E-state index contributed by atoms with van der Waals surface area (Å²) in [4.78, 5) is 19.4. The molecule has 2 amide bonds. The van der Waals surface area contributed by atoms with E-state index >= 15 is 0 Å². The number of fused-ring (bicyclic) bond motifs is 1. The molecule has 0 atom stereocenters. The first-order chi connectivity index (χ1) is 13.9. The highest BCUT2D eigenvalue weighted by molar-refractivity contribution is 6.01. The number of para-hydroxylation sites is 1. The van der Waals surface area contributed by atoms with E-state index in [2.05, 4.69) is 20.6 Å². The van der Waals surface area contributed by atoms with Gasteiger partial charge in [0, 0.05) is 29.0 Å². The number of nitrogens with one attached hydrogen (secondary N) is 3. The van der Waals surface area contributed by atoms with Gasteiger partial charge in [0.2, 0.25) is 0 Å². The van der Waals surface area contributed by atoms with Gasteiger partial charge in [-0.2, -0.15) is 13.2 Å². The van der Waals surface area contributed by atoms with Crippen LogP contribution in [0.1, 0.15) is 5.56 Å². The van der Waals surface area contributed by atoms with Crippen molar-refractivity contribution in [1.29, 1.82) is 0 Å². The number of carbonyl (C=O) groups is 1. The Labute approximate surface area is 163 Å². The van der Waals surface area contributed by atoms with Crippen molar-refractivity contribution in [2.45, 2.75) is 6.18 Å². The first-order valence-corrected chi connectivity index (χ1v) is 8.67. The molecular weight excluding hydrogens is 381 g/mol. The fourth-order valence-corrected chi connectivity index (χ4v) is 3.07. The van der Waals surface area contributed by atoms with Gasteiger partial charge in [-0.3, -0.25) is 4.98 Å². The molecule has 2 heterocycles. The van der Waals surface area contributed by atoms with Crippen LogP contribution >= 0.6 is 0 Å². The summed E-state index contributed by atoms with van der Waals surface area (Å²) in [6.07, 6.45) is 0.756. The molecular formula is C21H15F3N4O. The van der Waals surface area contributed by atoms with Gasteiger partial charge in [0.15, 0.2) is 0 Å². The molecule has 0 fully saturated rings. The van der Waals surface area contributed by atoms with Gasteiger partial charge >= 0.3 is 12.2 Å². The topological polar surface area (TPSA) is 69.8 Å². The number of hydrogen-bond acceptors (Lipinski definition) is 2. The number of pyridine rings is 1. The molecule has 0 bridgehead atoms. The number of hydrogen-bond donors (Lipinski definition) is 3. The van der Waals surface area contributed by atoms with Gasteiger partial charge in [0.05, 0.1) is 23.0 Å². The van der Waals surface area contributed by atoms with Crippen LogP contribution in [0.2, 0.25) is 0 Å². The predicted octanol–water partition coefficient (Wildman–Crippen LogP) is 5.89. The molecule has 0 saturated heterocycles. The van der Waals surface area contributed by atoms with Gasteiger partial charge in [-0.25, -0.2) is 4.79 Å². The summed E-state index contributed by atoms with van der Waals surface area (Å²) in [5.74, 6) is 0. The number of anilines is 2. The number of carbonyl (C=O) groups excluding carboxylic acids is 1. The lowest BCUT2D eigenvalue weighted by Gasteiger charge is -2.14. The highest BCUT2D eigenvalue weighted by Crippen LogP contribution is 2.34. The van der Waals surface area contributed by atoms with E-state index in [9.17, 15) is 18.0 Å². The number of amides is 2. The SMILES string of the molecule is O=C(Nc1ccc(-c2c[nH]c3cnccc23)cc1)Nc1ccccc1C(F)(F)F. The molecule has 0 aliphatic heterocycles. The molecule has 3 N–H and O–H groups in total. The molecule has 4 aromatic rings. The maximum absolute atomic E-state index is 13.0. The molecule has 0 unspecified atom stereocenters. The Morgan fingerprint density at radius 1 is 0.966 bits per heavy atom. The van der Waals surface area contributed by atoms with Gasteiger partial charge in [0.25, 0.3) is 0 Å². The number of aromatic amines is 1. The normalized spacial score (nSPS) is 11.4. The average molecular weight is 396 g/mol. The van der Waals surface area contributed by atoms with Crippen molar-refractivity contribution in [2.75, 3.05) is 10.6 Å². The predicted molar refractivity (Wildman–Crippen MR) is 106 cm³/mol. The highest BCUT2D eigenvalue weighted by atomic mass is 19.4. The minimum absolute atomic E-state index is 0.304. The van der Waals surface area contributed by atoms with Gasteiger partial charge < -0.3 is 15.6 Å². The van der Waals surface area contributed by atoms with Crippen LogP contribution in [0.15, 0.2) is 73.2 Å². The number of nitrogens with zero attached hydrogens (tertiary/aromatic N) is 1. The Bertz CT molecular complexity index is 1170. The highest BCUT2D eigenvalue weighted by Gasteiger charge is 2.33. The second kappa shape index (κ2) is 7.31. The number of aromatic nitrogens is 2. The third-order valence-electron chi connectivity index (χ3n) is 4.42. The zero-order valence-electron chi connectivity index (χ0n) is 14.9. The van der Waals surface area contributed by atoms with Crippen LogP contribution in [0, 0.1) is 0 Å². The van der Waals surface area contributed by atoms with E-state index in [1.165, 1.54) is 18.2 Å². The summed E-state index contributed by atoms with van der Waals surface area (Å²) in [5, 5.41) is 5.81. The smallest absolute Gasteiger partial charge is 0.359 e. The standard InChI is InChI=1S/C21H15F3N4O/c22-21(23,24)17-3-1-2-4-18(17)28-20(29)27-14-7-5-13(6-8-14)16-11-26-19-12-25-10-9-15(16)19/h1-12,26H,(H2,27,28,29). The molecule has 0 saturated carbocycles. The molecule has 5 nitrogen and oxygen atoms in total. The monoisotopic (exact) mass is 396 g/mol. The van der Waals surface area contributed by atoms with Crippen molar-refractivity contribution < 1.29 is 18.0 Å². The molecule has 146 valence electrons. The second-order valence-electron chi connectivity index (χ2n) is 6.32. The Hall–Kier alpha value is -3.81. The van der Waals surface area contributed by atoms with Crippen LogP contribution in [0.5, 0.6) is 0 Å². The Morgan fingerprint density at radius 2 is 1.72 bits per heavy atom. The molecule has 0 aliphatic carbocycles. The number of H-pyrrole nitrogens is 1. The first-order valence-electron chi connectivity index (χ1n) is 8.67. The van der Waals surface area contributed by atoms with E-state index in [4.69, 9.17) is 0 Å². The number of benzene rings is 2. The number of urea groups is 1. The molecule has 0 aliphatic rings.